The first kappa shape index (κ1) is 13.1. The third-order valence-corrected chi connectivity index (χ3v) is 4.40. The van der Waals surface area contributed by atoms with Gasteiger partial charge in [-0.3, -0.25) is 4.90 Å². The van der Waals surface area contributed by atoms with E-state index in [1.54, 1.807) is 6.33 Å². The van der Waals surface area contributed by atoms with Crippen molar-refractivity contribution >= 4 is 0 Å². The lowest BCUT2D eigenvalue weighted by Crippen LogP contribution is -2.55. The van der Waals surface area contributed by atoms with Gasteiger partial charge in [-0.15, -0.1) is 0 Å². The fraction of sp³-hybridized carbons (Fsp3) is 0.857. The van der Waals surface area contributed by atoms with Crippen LogP contribution >= 0.6 is 0 Å². The zero-order chi connectivity index (χ0) is 13.4. The van der Waals surface area contributed by atoms with E-state index >= 15 is 0 Å². The Labute approximate surface area is 115 Å². The van der Waals surface area contributed by atoms with Crippen LogP contribution in [0.25, 0.3) is 0 Å². The summed E-state index contributed by atoms with van der Waals surface area (Å²) in [5.41, 5.74) is 0. The highest BCUT2D eigenvalue weighted by atomic mass is 15.4. The fourth-order valence-corrected chi connectivity index (χ4v) is 2.98. The van der Waals surface area contributed by atoms with Gasteiger partial charge in [0.25, 0.3) is 0 Å². The molecule has 5 heteroatoms. The van der Waals surface area contributed by atoms with Gasteiger partial charge in [0.1, 0.15) is 12.2 Å². The quantitative estimate of drug-likeness (QED) is 0.892. The second-order valence-corrected chi connectivity index (χ2v) is 6.35. The van der Waals surface area contributed by atoms with Gasteiger partial charge >= 0.3 is 0 Å². The number of nitrogens with one attached hydrogen (secondary N) is 1. The third kappa shape index (κ3) is 2.82. The monoisotopic (exact) mass is 263 g/mol. The minimum absolute atomic E-state index is 0.384. The molecule has 1 aliphatic carbocycles. The van der Waals surface area contributed by atoms with E-state index in [1.165, 1.54) is 12.8 Å². The average Bonchev–Trinajstić information content (AvgIpc) is 3.12. The Morgan fingerprint density at radius 2 is 2.21 bits per heavy atom. The molecule has 1 saturated heterocycles. The summed E-state index contributed by atoms with van der Waals surface area (Å²) in [7, 11) is 0. The summed E-state index contributed by atoms with van der Waals surface area (Å²) >= 11 is 0. The van der Waals surface area contributed by atoms with Crippen molar-refractivity contribution in [2.24, 2.45) is 5.92 Å². The molecule has 1 N–H and O–H groups in total. The van der Waals surface area contributed by atoms with Crippen LogP contribution in [-0.4, -0.2) is 44.8 Å². The molecule has 0 radical (unpaired) electrons. The lowest BCUT2D eigenvalue weighted by atomic mass is 10.1. The molecule has 1 saturated carbocycles. The maximum atomic E-state index is 4.44. The van der Waals surface area contributed by atoms with Crippen molar-refractivity contribution < 1.29 is 0 Å². The lowest BCUT2D eigenvalue weighted by Gasteiger charge is -2.38. The zero-order valence-corrected chi connectivity index (χ0v) is 12.2. The van der Waals surface area contributed by atoms with Crippen molar-refractivity contribution in [3.8, 4) is 0 Å². The summed E-state index contributed by atoms with van der Waals surface area (Å²) in [5.74, 6) is 2.01. The van der Waals surface area contributed by atoms with E-state index in [4.69, 9.17) is 0 Å². The topological polar surface area (TPSA) is 46.0 Å². The number of rotatable bonds is 4. The third-order valence-electron chi connectivity index (χ3n) is 4.40. The van der Waals surface area contributed by atoms with Crippen molar-refractivity contribution in [3.63, 3.8) is 0 Å². The molecule has 5 nitrogen and oxygen atoms in total. The van der Waals surface area contributed by atoms with Gasteiger partial charge in [0, 0.05) is 31.2 Å². The fourth-order valence-electron chi connectivity index (χ4n) is 2.98. The predicted molar refractivity (Wildman–Crippen MR) is 74.8 cm³/mol. The van der Waals surface area contributed by atoms with Gasteiger partial charge in [0.05, 0.1) is 6.54 Å². The van der Waals surface area contributed by atoms with Crippen LogP contribution in [0.4, 0.5) is 0 Å². The molecule has 2 aliphatic rings. The van der Waals surface area contributed by atoms with E-state index in [1.807, 2.05) is 4.68 Å². The molecule has 1 aromatic rings. The Morgan fingerprint density at radius 3 is 2.89 bits per heavy atom. The molecule has 0 spiro atoms. The minimum Gasteiger partial charge on any atom is -0.311 e. The SMILES string of the molecule is CC1CNC(C2CC2)CN1Cc1ncnn1C(C)C. The standard InChI is InChI=1S/C14H25N5/c1-10(2)19-14(16-9-17-19)8-18-7-13(12-4-5-12)15-6-11(18)3/h9-13,15H,4-8H2,1-3H3. The van der Waals surface area contributed by atoms with Crippen LogP contribution in [0.3, 0.4) is 0 Å². The van der Waals surface area contributed by atoms with Gasteiger partial charge in [-0.1, -0.05) is 0 Å². The summed E-state index contributed by atoms with van der Waals surface area (Å²) in [6.07, 6.45) is 4.49. The first-order valence-corrected chi connectivity index (χ1v) is 7.51. The van der Waals surface area contributed by atoms with Gasteiger partial charge in [0.15, 0.2) is 0 Å². The minimum atomic E-state index is 0.384. The lowest BCUT2D eigenvalue weighted by molar-refractivity contribution is 0.120. The Bertz CT molecular complexity index is 423. The summed E-state index contributed by atoms with van der Waals surface area (Å²) in [5, 5.41) is 8.03. The molecular weight excluding hydrogens is 238 g/mol. The van der Waals surface area contributed by atoms with Crippen LogP contribution in [0.5, 0.6) is 0 Å². The maximum absolute atomic E-state index is 4.44. The van der Waals surface area contributed by atoms with E-state index in [0.717, 1.165) is 31.4 Å². The first-order valence-electron chi connectivity index (χ1n) is 7.51. The molecule has 2 unspecified atom stereocenters. The van der Waals surface area contributed by atoms with E-state index in [-0.39, 0.29) is 0 Å². The number of aromatic nitrogens is 3. The molecule has 0 aromatic carbocycles. The van der Waals surface area contributed by atoms with Gasteiger partial charge < -0.3 is 5.32 Å². The van der Waals surface area contributed by atoms with Crippen LogP contribution in [0.1, 0.15) is 45.5 Å². The molecule has 2 atom stereocenters. The molecule has 0 bridgehead atoms. The molecular formula is C14H25N5. The zero-order valence-electron chi connectivity index (χ0n) is 12.2. The highest BCUT2D eigenvalue weighted by molar-refractivity contribution is 4.96. The van der Waals surface area contributed by atoms with Crippen molar-refractivity contribution in [3.05, 3.63) is 12.2 Å². The van der Waals surface area contributed by atoms with E-state index in [0.29, 0.717) is 18.1 Å². The number of nitrogens with zero attached hydrogens (tertiary/aromatic N) is 4. The Kier molecular flexibility index (Phi) is 3.58. The van der Waals surface area contributed by atoms with E-state index in [9.17, 15) is 0 Å². The smallest absolute Gasteiger partial charge is 0.141 e. The highest BCUT2D eigenvalue weighted by Gasteiger charge is 2.36. The van der Waals surface area contributed by atoms with Crippen molar-refractivity contribution in [2.45, 2.75) is 58.3 Å². The molecule has 19 heavy (non-hydrogen) atoms. The predicted octanol–water partition coefficient (Wildman–Crippen LogP) is 1.43. The van der Waals surface area contributed by atoms with Crippen LogP contribution in [0.2, 0.25) is 0 Å². The van der Waals surface area contributed by atoms with E-state index < -0.39 is 0 Å². The van der Waals surface area contributed by atoms with Crippen molar-refractivity contribution in [2.75, 3.05) is 13.1 Å². The molecule has 2 fully saturated rings. The second kappa shape index (κ2) is 5.21. The molecule has 2 heterocycles. The van der Waals surface area contributed by atoms with Crippen LogP contribution in [-0.2, 0) is 6.54 Å². The highest BCUT2D eigenvalue weighted by Crippen LogP contribution is 2.34. The maximum Gasteiger partial charge on any atom is 0.141 e. The van der Waals surface area contributed by atoms with Gasteiger partial charge in [-0.25, -0.2) is 9.67 Å². The Morgan fingerprint density at radius 1 is 1.42 bits per heavy atom. The number of hydrogen-bond acceptors (Lipinski definition) is 4. The van der Waals surface area contributed by atoms with Gasteiger partial charge in [-0.05, 0) is 39.5 Å². The molecule has 1 aliphatic heterocycles. The van der Waals surface area contributed by atoms with Gasteiger partial charge in [0.2, 0.25) is 0 Å². The first-order chi connectivity index (χ1) is 9.15. The molecule has 0 amide bonds. The number of piperazine rings is 1. The normalized spacial score (nSPS) is 29.1. The summed E-state index contributed by atoms with van der Waals surface area (Å²) < 4.78 is 2.04. The molecule has 1 aromatic heterocycles. The van der Waals surface area contributed by atoms with Crippen LogP contribution < -0.4 is 5.32 Å². The summed E-state index contributed by atoms with van der Waals surface area (Å²) in [6.45, 7) is 9.78. The van der Waals surface area contributed by atoms with Crippen molar-refractivity contribution in [1.82, 2.24) is 25.0 Å². The summed E-state index contributed by atoms with van der Waals surface area (Å²) in [6, 6.07) is 1.65. The van der Waals surface area contributed by atoms with Crippen LogP contribution in [0.15, 0.2) is 6.33 Å². The average molecular weight is 263 g/mol. The summed E-state index contributed by atoms with van der Waals surface area (Å²) in [4.78, 5) is 7.00. The van der Waals surface area contributed by atoms with Crippen LogP contribution in [0, 0.1) is 5.92 Å². The Balaban J connectivity index is 1.68. The van der Waals surface area contributed by atoms with Crippen molar-refractivity contribution in [1.29, 1.82) is 0 Å². The van der Waals surface area contributed by atoms with E-state index in [2.05, 4.69) is 41.1 Å². The Hall–Kier alpha value is -0.940. The van der Waals surface area contributed by atoms with Gasteiger partial charge in [-0.2, -0.15) is 5.10 Å². The second-order valence-electron chi connectivity index (χ2n) is 6.35. The number of hydrogen-bond donors (Lipinski definition) is 1. The molecule has 3 rings (SSSR count). The largest absolute Gasteiger partial charge is 0.311 e. The molecule has 106 valence electrons.